The number of pyridine rings is 1. The number of hydrogen-bond acceptors (Lipinski definition) is 10. The summed E-state index contributed by atoms with van der Waals surface area (Å²) < 4.78 is 80.8. The maximum absolute atomic E-state index is 15.9. The lowest BCUT2D eigenvalue weighted by Gasteiger charge is -2.16. The van der Waals surface area contributed by atoms with Crippen molar-refractivity contribution >= 4 is 66.2 Å². The highest BCUT2D eigenvalue weighted by molar-refractivity contribution is 14.1. The van der Waals surface area contributed by atoms with Crippen molar-refractivity contribution in [3.8, 4) is 0 Å². The molecule has 0 saturated heterocycles. The van der Waals surface area contributed by atoms with E-state index in [9.17, 15) is 22.0 Å². The second-order valence-corrected chi connectivity index (χ2v) is 13.6. The van der Waals surface area contributed by atoms with Gasteiger partial charge in [0.2, 0.25) is 5.95 Å². The molecule has 0 bridgehead atoms. The minimum absolute atomic E-state index is 0.00230. The van der Waals surface area contributed by atoms with Gasteiger partial charge in [0, 0.05) is 25.5 Å². The molecule has 12 nitrogen and oxygen atoms in total. The predicted octanol–water partition coefficient (Wildman–Crippen LogP) is 3.90. The normalized spacial score (nSPS) is 12.8. The molecule has 0 fully saturated rings. The summed E-state index contributed by atoms with van der Waals surface area (Å²) in [6.45, 7) is 6.19. The third-order valence-electron chi connectivity index (χ3n) is 5.14. The highest BCUT2D eigenvalue weighted by Crippen LogP contribution is 2.28. The van der Waals surface area contributed by atoms with Gasteiger partial charge in [0.25, 0.3) is 10.0 Å². The minimum Gasteiger partial charge on any atom is -0.378 e. The molecule has 223 valence electrons. The first-order chi connectivity index (χ1) is 19.7. The highest BCUT2D eigenvalue weighted by atomic mass is 127. The molecule has 0 spiro atoms. The molecule has 1 unspecified atom stereocenters. The van der Waals surface area contributed by atoms with Crippen molar-refractivity contribution in [3.63, 3.8) is 0 Å². The fraction of sp³-hybridized carbons (Fsp3) is 0.292. The second-order valence-electron chi connectivity index (χ2n) is 9.56. The van der Waals surface area contributed by atoms with E-state index in [1.165, 1.54) is 35.3 Å². The Morgan fingerprint density at radius 3 is 2.50 bits per heavy atom. The number of benzene rings is 1. The van der Waals surface area contributed by atoms with Gasteiger partial charge in [-0.25, -0.2) is 36.4 Å². The van der Waals surface area contributed by atoms with Gasteiger partial charge in [-0.2, -0.15) is 0 Å². The average Bonchev–Trinajstić information content (AvgIpc) is 2.92. The van der Waals surface area contributed by atoms with Crippen molar-refractivity contribution in [2.24, 2.45) is 10.4 Å². The molecule has 0 saturated carbocycles. The van der Waals surface area contributed by atoms with Crippen molar-refractivity contribution < 1.29 is 29.4 Å². The molecule has 1 amide bonds. The molecule has 0 aliphatic carbocycles. The van der Waals surface area contributed by atoms with E-state index in [4.69, 9.17) is 5.73 Å². The zero-order valence-corrected chi connectivity index (χ0v) is 26.4. The van der Waals surface area contributed by atoms with E-state index in [1.54, 1.807) is 0 Å². The van der Waals surface area contributed by atoms with Crippen LogP contribution in [0.15, 0.2) is 52.4 Å². The first-order valence-electron chi connectivity index (χ1n) is 12.1. The third kappa shape index (κ3) is 8.82. The summed E-state index contributed by atoms with van der Waals surface area (Å²) in [5.74, 6) is -3.65. The van der Waals surface area contributed by atoms with Crippen LogP contribution in [0.25, 0.3) is 0 Å². The van der Waals surface area contributed by atoms with Gasteiger partial charge in [-0.05, 0) is 39.0 Å². The molecule has 2 heterocycles. The fourth-order valence-electron chi connectivity index (χ4n) is 3.29. The number of nitrogens with two attached hydrogens (primary N) is 1. The van der Waals surface area contributed by atoms with Crippen LogP contribution < -0.4 is 21.1 Å². The zero-order chi connectivity index (χ0) is 31.1. The number of rotatable bonds is 11. The first-order valence-corrected chi connectivity index (χ1v) is 15.4. The summed E-state index contributed by atoms with van der Waals surface area (Å²) >= 11 is 1.45. The van der Waals surface area contributed by atoms with Crippen molar-refractivity contribution in [2.45, 2.75) is 36.7 Å². The molecular weight excluding hydrogens is 708 g/mol. The number of sulfonamides is 1. The summed E-state index contributed by atoms with van der Waals surface area (Å²) in [4.78, 5) is 22.3. The fourth-order valence-corrected chi connectivity index (χ4v) is 5.35. The number of halogens is 4. The Morgan fingerprint density at radius 1 is 1.17 bits per heavy atom. The van der Waals surface area contributed by atoms with Crippen LogP contribution in [0.3, 0.4) is 0 Å². The number of amides is 1. The Morgan fingerprint density at radius 2 is 1.86 bits per heavy atom. The van der Waals surface area contributed by atoms with E-state index in [1.807, 2.05) is 25.5 Å². The Kier molecular flexibility index (Phi) is 11.2. The summed E-state index contributed by atoms with van der Waals surface area (Å²) in [6, 6.07) is 2.90. The molecule has 18 heteroatoms. The zero-order valence-electron chi connectivity index (χ0n) is 22.5. The highest BCUT2D eigenvalue weighted by Gasteiger charge is 2.34. The van der Waals surface area contributed by atoms with E-state index >= 15 is 4.39 Å². The lowest BCUT2D eigenvalue weighted by Crippen LogP contribution is -2.29. The van der Waals surface area contributed by atoms with Crippen LogP contribution in [-0.2, 0) is 13.1 Å². The van der Waals surface area contributed by atoms with Crippen LogP contribution in [-0.4, -0.2) is 57.9 Å². The van der Waals surface area contributed by atoms with E-state index in [0.29, 0.717) is 0 Å². The molecule has 0 aliphatic heterocycles. The van der Waals surface area contributed by atoms with Crippen molar-refractivity contribution in [1.82, 2.24) is 20.3 Å². The Hall–Kier alpha value is -3.36. The summed E-state index contributed by atoms with van der Waals surface area (Å²) in [6.07, 6.45) is 2.77. The van der Waals surface area contributed by atoms with Crippen LogP contribution in [0.4, 0.5) is 29.6 Å². The Labute approximate surface area is 256 Å². The maximum atomic E-state index is 15.9. The topological polar surface area (TPSA) is 174 Å². The molecule has 3 rings (SSSR count). The number of aromatic nitrogens is 3. The first kappa shape index (κ1) is 33.1. The molecular formula is C24H26F3IN8O4SSi+. The summed E-state index contributed by atoms with van der Waals surface area (Å²) in [5, 5.41) is 5.08. The van der Waals surface area contributed by atoms with Gasteiger partial charge in [-0.1, -0.05) is 10.7 Å². The van der Waals surface area contributed by atoms with Crippen LogP contribution in [0, 0.1) is 17.5 Å². The smallest absolute Gasteiger partial charge is 0.378 e. The molecule has 5 N–H and O–H groups in total. The van der Waals surface area contributed by atoms with E-state index in [0.717, 1.165) is 30.6 Å². The number of carbonyl (C=O) groups is 1. The van der Waals surface area contributed by atoms with E-state index in [2.05, 4.69) is 33.3 Å². The van der Waals surface area contributed by atoms with Crippen molar-refractivity contribution in [3.05, 3.63) is 71.6 Å². The largest absolute Gasteiger partial charge is 0.655 e. The lowest BCUT2D eigenvalue weighted by molar-refractivity contribution is 0.215. The number of hydrogen-bond donors (Lipinski definition) is 4. The number of nitrogens with one attached hydrogen (secondary N) is 3. The standard InChI is InChI=1S/C24H26F3IN8O4SSi/c1-24(2,3)42-36-20(19(29)16-7-8-31-22(34-16)32-9-10-33-23(37)40-28)13-11-30-12-17(18(13)27)35-41(38,39)21-14(25)5-4-6-15(21)26/h4-8,11-12,19,35H,9-10,29H2,1-3H3,(H,33,37)(H,31,32,34)/q+1. The molecule has 3 aromatic rings. The predicted molar refractivity (Wildman–Crippen MR) is 159 cm³/mol. The second kappa shape index (κ2) is 14.2. The van der Waals surface area contributed by atoms with Crippen LogP contribution in [0.1, 0.15) is 38.1 Å². The SMILES string of the molecule is CC(C)(C)[Si+]N=C(c1cncc(NS(=O)(=O)c2c(F)cccc2F)c1F)C(N)c1ccnc(NCCNC(=O)OI)n1. The van der Waals surface area contributed by atoms with Gasteiger partial charge in [0.1, 0.15) is 28.1 Å². The third-order valence-corrected chi connectivity index (χ3v) is 7.98. The molecule has 2 aromatic heterocycles. The lowest BCUT2D eigenvalue weighted by atomic mass is 10.0. The Bertz CT molecular complexity index is 1560. The van der Waals surface area contributed by atoms with Crippen molar-refractivity contribution in [2.75, 3.05) is 23.1 Å². The number of anilines is 2. The quantitative estimate of drug-likeness (QED) is 0.0987. The molecule has 1 atom stereocenters. The Balaban J connectivity index is 1.97. The molecule has 42 heavy (non-hydrogen) atoms. The number of nitrogens with zero attached hydrogens (tertiary/aromatic N) is 4. The van der Waals surface area contributed by atoms with Gasteiger partial charge in [0.05, 0.1) is 23.5 Å². The monoisotopic (exact) mass is 734 g/mol. The van der Waals surface area contributed by atoms with Gasteiger partial charge in [-0.3, -0.25) is 9.71 Å². The summed E-state index contributed by atoms with van der Waals surface area (Å²) in [5.41, 5.74) is 5.83. The number of carbonyl (C=O) groups excluding carboxylic acids is 1. The van der Waals surface area contributed by atoms with E-state index in [-0.39, 0.29) is 50.7 Å². The molecule has 0 aliphatic rings. The van der Waals surface area contributed by atoms with Crippen LogP contribution in [0.2, 0.25) is 5.04 Å². The summed E-state index contributed by atoms with van der Waals surface area (Å²) in [7, 11) is -4.98. The van der Waals surface area contributed by atoms with Gasteiger partial charge < -0.3 is 19.4 Å². The van der Waals surface area contributed by atoms with Gasteiger partial charge in [0.15, 0.2) is 33.7 Å². The van der Waals surface area contributed by atoms with Crippen LogP contribution >= 0.6 is 23.0 Å². The van der Waals surface area contributed by atoms with E-state index < -0.39 is 50.2 Å². The van der Waals surface area contributed by atoms with Crippen molar-refractivity contribution in [1.29, 1.82) is 0 Å². The van der Waals surface area contributed by atoms with Crippen LogP contribution in [0.5, 0.6) is 0 Å². The molecule has 1 aromatic carbocycles. The van der Waals surface area contributed by atoms with Gasteiger partial charge in [-0.15, -0.1) is 0 Å². The minimum atomic E-state index is -4.88. The maximum Gasteiger partial charge on any atom is 0.655 e. The molecule has 1 radical (unpaired) electrons. The average molecular weight is 735 g/mol. The van der Waals surface area contributed by atoms with Gasteiger partial charge >= 0.3 is 15.8 Å².